The van der Waals surface area contributed by atoms with E-state index in [1.165, 1.54) is 10.1 Å². The molecule has 0 saturated carbocycles. The molecule has 0 spiro atoms. The topological polar surface area (TPSA) is 39.9 Å². The molecule has 3 nitrogen and oxygen atoms in total. The number of nitrogens with zero attached hydrogens (tertiary/aromatic N) is 3. The molecular weight excluding hydrogens is 230 g/mol. The van der Waals surface area contributed by atoms with E-state index in [1.807, 2.05) is 6.20 Å². The van der Waals surface area contributed by atoms with Crippen molar-refractivity contribution in [3.8, 4) is 6.07 Å². The molecule has 0 amide bonds. The first-order valence-corrected chi connectivity index (χ1v) is 6.73. The molecule has 1 aliphatic rings. The van der Waals surface area contributed by atoms with Gasteiger partial charge in [0.1, 0.15) is 5.82 Å². The molecule has 4 heteroatoms. The molecule has 0 unspecified atom stereocenters. The second-order valence-corrected chi connectivity index (χ2v) is 5.31. The maximum Gasteiger partial charge on any atom is 0.137 e. The highest BCUT2D eigenvalue weighted by Crippen LogP contribution is 2.30. The minimum Gasteiger partial charge on any atom is -0.356 e. The molecule has 0 bridgehead atoms. The third kappa shape index (κ3) is 1.87. The Morgan fingerprint density at radius 1 is 1.35 bits per heavy atom. The quantitative estimate of drug-likeness (QED) is 0.773. The third-order valence-corrected chi connectivity index (χ3v) is 4.22. The Morgan fingerprint density at radius 3 is 2.94 bits per heavy atom. The first kappa shape index (κ1) is 10.5. The molecule has 3 heterocycles. The van der Waals surface area contributed by atoms with Gasteiger partial charge < -0.3 is 4.90 Å². The van der Waals surface area contributed by atoms with Crippen LogP contribution in [0.4, 0.5) is 5.82 Å². The maximum atomic E-state index is 8.90. The van der Waals surface area contributed by atoms with E-state index >= 15 is 0 Å². The summed E-state index contributed by atoms with van der Waals surface area (Å²) in [5.41, 5.74) is 0. The largest absolute Gasteiger partial charge is 0.356 e. The summed E-state index contributed by atoms with van der Waals surface area (Å²) in [6.45, 7) is 1.89. The van der Waals surface area contributed by atoms with Gasteiger partial charge in [-0.15, -0.1) is 11.3 Å². The zero-order valence-electron chi connectivity index (χ0n) is 9.47. The second kappa shape index (κ2) is 4.34. The van der Waals surface area contributed by atoms with Crippen molar-refractivity contribution in [2.75, 3.05) is 18.0 Å². The fourth-order valence-corrected chi connectivity index (χ4v) is 3.13. The van der Waals surface area contributed by atoms with Crippen molar-refractivity contribution in [1.82, 2.24) is 4.98 Å². The molecule has 0 aromatic carbocycles. The van der Waals surface area contributed by atoms with Crippen LogP contribution in [0, 0.1) is 17.2 Å². The van der Waals surface area contributed by atoms with Gasteiger partial charge in [0.2, 0.25) is 0 Å². The molecule has 1 aliphatic heterocycles. The first-order valence-electron chi connectivity index (χ1n) is 5.85. The lowest BCUT2D eigenvalue weighted by atomic mass is 9.98. The van der Waals surface area contributed by atoms with E-state index in [4.69, 9.17) is 5.26 Å². The van der Waals surface area contributed by atoms with E-state index in [1.54, 1.807) is 11.3 Å². The molecule has 86 valence electrons. The number of aromatic nitrogens is 1. The highest BCUT2D eigenvalue weighted by molar-refractivity contribution is 7.17. The van der Waals surface area contributed by atoms with Crippen LogP contribution in [0.2, 0.25) is 0 Å². The number of nitriles is 1. The monoisotopic (exact) mass is 243 g/mol. The van der Waals surface area contributed by atoms with Gasteiger partial charge >= 0.3 is 0 Å². The van der Waals surface area contributed by atoms with Crippen LogP contribution < -0.4 is 4.90 Å². The van der Waals surface area contributed by atoms with E-state index < -0.39 is 0 Å². The number of fused-ring (bicyclic) bond motifs is 1. The van der Waals surface area contributed by atoms with Crippen molar-refractivity contribution in [3.63, 3.8) is 0 Å². The van der Waals surface area contributed by atoms with Gasteiger partial charge in [-0.05, 0) is 30.4 Å². The normalized spacial score (nSPS) is 17.2. The van der Waals surface area contributed by atoms with Crippen molar-refractivity contribution in [1.29, 1.82) is 5.26 Å². The average molecular weight is 243 g/mol. The standard InChI is InChI=1S/C13H13N3S/c14-9-10-2-6-16(7-3-10)13-11-4-8-17-12(11)1-5-15-13/h1,4-5,8,10H,2-3,6-7H2. The molecule has 3 rings (SSSR count). The van der Waals surface area contributed by atoms with Crippen LogP contribution in [0.3, 0.4) is 0 Å². The average Bonchev–Trinajstić information content (AvgIpc) is 2.87. The van der Waals surface area contributed by atoms with E-state index in [-0.39, 0.29) is 5.92 Å². The lowest BCUT2D eigenvalue weighted by Crippen LogP contribution is -2.33. The molecule has 1 saturated heterocycles. The second-order valence-electron chi connectivity index (χ2n) is 4.36. The molecular formula is C13H13N3S. The summed E-state index contributed by atoms with van der Waals surface area (Å²) < 4.78 is 1.29. The predicted molar refractivity (Wildman–Crippen MR) is 70.2 cm³/mol. The lowest BCUT2D eigenvalue weighted by molar-refractivity contribution is 0.486. The van der Waals surface area contributed by atoms with E-state index in [9.17, 15) is 0 Å². The summed E-state index contributed by atoms with van der Waals surface area (Å²) in [5.74, 6) is 1.31. The van der Waals surface area contributed by atoms with Crippen molar-refractivity contribution in [2.24, 2.45) is 5.92 Å². The van der Waals surface area contributed by atoms with Gasteiger partial charge in [0, 0.05) is 35.3 Å². The zero-order valence-corrected chi connectivity index (χ0v) is 10.3. The van der Waals surface area contributed by atoms with Crippen LogP contribution in [0.5, 0.6) is 0 Å². The fourth-order valence-electron chi connectivity index (χ4n) is 2.35. The number of hydrogen-bond acceptors (Lipinski definition) is 4. The molecule has 2 aromatic heterocycles. The minimum absolute atomic E-state index is 0.230. The van der Waals surface area contributed by atoms with Gasteiger partial charge in [0.05, 0.1) is 6.07 Å². The van der Waals surface area contributed by atoms with Gasteiger partial charge in [-0.3, -0.25) is 0 Å². The zero-order chi connectivity index (χ0) is 11.7. The van der Waals surface area contributed by atoms with Gasteiger partial charge in [-0.25, -0.2) is 4.98 Å². The van der Waals surface area contributed by atoms with Crippen LogP contribution in [0.15, 0.2) is 23.7 Å². The lowest BCUT2D eigenvalue weighted by Gasteiger charge is -2.30. The first-order chi connectivity index (χ1) is 8.38. The summed E-state index contributed by atoms with van der Waals surface area (Å²) in [6, 6.07) is 6.56. The summed E-state index contributed by atoms with van der Waals surface area (Å²) in [5, 5.41) is 12.3. The number of piperidine rings is 1. The highest BCUT2D eigenvalue weighted by atomic mass is 32.1. The number of anilines is 1. The van der Waals surface area contributed by atoms with E-state index in [0.29, 0.717) is 0 Å². The molecule has 17 heavy (non-hydrogen) atoms. The Labute approximate surface area is 104 Å². The number of hydrogen-bond donors (Lipinski definition) is 0. The van der Waals surface area contributed by atoms with Crippen molar-refractivity contribution >= 4 is 27.2 Å². The fraction of sp³-hybridized carbons (Fsp3) is 0.385. The van der Waals surface area contributed by atoms with Crippen molar-refractivity contribution in [3.05, 3.63) is 23.7 Å². The van der Waals surface area contributed by atoms with Crippen LogP contribution >= 0.6 is 11.3 Å². The van der Waals surface area contributed by atoms with Crippen LogP contribution in [0.25, 0.3) is 10.1 Å². The van der Waals surface area contributed by atoms with E-state index in [0.717, 1.165) is 31.7 Å². The molecule has 0 aliphatic carbocycles. The molecule has 2 aromatic rings. The van der Waals surface area contributed by atoms with E-state index in [2.05, 4.69) is 33.5 Å². The molecule has 0 N–H and O–H groups in total. The van der Waals surface area contributed by atoms with Gasteiger partial charge in [-0.1, -0.05) is 0 Å². The molecule has 1 fully saturated rings. The van der Waals surface area contributed by atoms with Crippen molar-refractivity contribution < 1.29 is 0 Å². The molecule has 0 radical (unpaired) electrons. The van der Waals surface area contributed by atoms with Crippen LogP contribution in [-0.2, 0) is 0 Å². The predicted octanol–water partition coefficient (Wildman–Crippen LogP) is 3.04. The van der Waals surface area contributed by atoms with Gasteiger partial charge in [0.25, 0.3) is 0 Å². The van der Waals surface area contributed by atoms with Gasteiger partial charge in [-0.2, -0.15) is 5.26 Å². The van der Waals surface area contributed by atoms with Crippen molar-refractivity contribution in [2.45, 2.75) is 12.8 Å². The Balaban J connectivity index is 1.90. The summed E-state index contributed by atoms with van der Waals surface area (Å²) in [4.78, 5) is 6.81. The Kier molecular flexibility index (Phi) is 2.69. The maximum absolute atomic E-state index is 8.90. The highest BCUT2D eigenvalue weighted by Gasteiger charge is 2.21. The smallest absolute Gasteiger partial charge is 0.137 e. The number of pyridine rings is 1. The summed E-state index contributed by atoms with van der Waals surface area (Å²) in [7, 11) is 0. The summed E-state index contributed by atoms with van der Waals surface area (Å²) in [6.07, 6.45) is 3.79. The SMILES string of the molecule is N#CC1CCN(c2nccc3sccc23)CC1. The Hall–Kier alpha value is -1.60. The third-order valence-electron chi connectivity index (χ3n) is 3.34. The molecule has 0 atom stereocenters. The van der Waals surface area contributed by atoms with Crippen LogP contribution in [-0.4, -0.2) is 18.1 Å². The van der Waals surface area contributed by atoms with Gasteiger partial charge in [0.15, 0.2) is 0 Å². The number of thiophene rings is 1. The Bertz CT molecular complexity index is 561. The Morgan fingerprint density at radius 2 is 2.18 bits per heavy atom. The summed E-state index contributed by atoms with van der Waals surface area (Å²) >= 11 is 1.75. The minimum atomic E-state index is 0.230. The van der Waals surface area contributed by atoms with Crippen LogP contribution in [0.1, 0.15) is 12.8 Å². The number of rotatable bonds is 1.